The van der Waals surface area contributed by atoms with E-state index >= 15 is 0 Å². The van der Waals surface area contributed by atoms with Crippen molar-refractivity contribution in [1.82, 2.24) is 5.32 Å². The molecule has 0 aliphatic carbocycles. The third-order valence-electron chi connectivity index (χ3n) is 2.25. The highest BCUT2D eigenvalue weighted by Crippen LogP contribution is 2.22. The van der Waals surface area contributed by atoms with Crippen molar-refractivity contribution in [3.63, 3.8) is 0 Å². The quantitative estimate of drug-likeness (QED) is 0.791. The molecule has 1 aromatic rings. The number of carboxylic acids is 1. The van der Waals surface area contributed by atoms with Gasteiger partial charge in [-0.05, 0) is 24.6 Å². The zero-order valence-electron chi connectivity index (χ0n) is 9.85. The number of hydrogen-bond donors (Lipinski definition) is 2. The van der Waals surface area contributed by atoms with E-state index in [0.29, 0.717) is 10.8 Å². The maximum absolute atomic E-state index is 11.6. The summed E-state index contributed by atoms with van der Waals surface area (Å²) in [6.07, 6.45) is 3.55. The van der Waals surface area contributed by atoms with Gasteiger partial charge in [-0.25, -0.2) is 0 Å². The molecule has 4 nitrogen and oxygen atoms in total. The van der Waals surface area contributed by atoms with Crippen LogP contribution >= 0.6 is 22.9 Å². The number of hydrogen-bond acceptors (Lipinski definition) is 3. The van der Waals surface area contributed by atoms with Crippen LogP contribution in [0.4, 0.5) is 0 Å². The van der Waals surface area contributed by atoms with Gasteiger partial charge in [0.25, 0.3) is 0 Å². The van der Waals surface area contributed by atoms with E-state index in [1.165, 1.54) is 17.4 Å². The van der Waals surface area contributed by atoms with E-state index in [9.17, 15) is 9.59 Å². The Kier molecular flexibility index (Phi) is 5.88. The van der Waals surface area contributed by atoms with Gasteiger partial charge in [-0.2, -0.15) is 0 Å². The molecule has 0 spiro atoms. The minimum atomic E-state index is -0.920. The van der Waals surface area contributed by atoms with Crippen LogP contribution in [0.3, 0.4) is 0 Å². The fourth-order valence-electron chi connectivity index (χ4n) is 1.33. The van der Waals surface area contributed by atoms with E-state index < -0.39 is 5.97 Å². The Balaban J connectivity index is 2.49. The molecule has 0 aliphatic heterocycles. The van der Waals surface area contributed by atoms with Crippen LogP contribution in [0, 0.1) is 0 Å². The third-order valence-corrected chi connectivity index (χ3v) is 3.45. The van der Waals surface area contributed by atoms with Crippen LogP contribution in [0.5, 0.6) is 0 Å². The topological polar surface area (TPSA) is 66.4 Å². The van der Waals surface area contributed by atoms with Gasteiger partial charge in [-0.1, -0.05) is 18.5 Å². The average Bonchev–Trinajstić information content (AvgIpc) is 2.71. The summed E-state index contributed by atoms with van der Waals surface area (Å²) in [5.41, 5.74) is 0. The van der Waals surface area contributed by atoms with Crippen LogP contribution in [0.1, 0.15) is 24.6 Å². The Hall–Kier alpha value is -1.33. The molecule has 2 N–H and O–H groups in total. The van der Waals surface area contributed by atoms with Crippen molar-refractivity contribution in [2.24, 2.45) is 0 Å². The number of rotatable bonds is 6. The molecule has 0 fully saturated rings. The zero-order chi connectivity index (χ0) is 13.5. The van der Waals surface area contributed by atoms with Crippen molar-refractivity contribution in [3.8, 4) is 0 Å². The lowest BCUT2D eigenvalue weighted by molar-refractivity contribution is -0.137. The number of nitrogens with one attached hydrogen (secondary N) is 1. The van der Waals surface area contributed by atoms with Crippen molar-refractivity contribution < 1.29 is 14.7 Å². The summed E-state index contributed by atoms with van der Waals surface area (Å²) in [5.74, 6) is -1.22. The van der Waals surface area contributed by atoms with Gasteiger partial charge in [0.05, 0.1) is 10.8 Å². The van der Waals surface area contributed by atoms with Gasteiger partial charge in [-0.3, -0.25) is 9.59 Å². The van der Waals surface area contributed by atoms with Crippen molar-refractivity contribution in [2.75, 3.05) is 0 Å². The monoisotopic (exact) mass is 287 g/mol. The maximum Gasteiger partial charge on any atom is 0.305 e. The first-order valence-electron chi connectivity index (χ1n) is 5.47. The Morgan fingerprint density at radius 2 is 2.28 bits per heavy atom. The molecule has 1 amide bonds. The number of carboxylic acid groups (broad SMARTS) is 1. The Bertz CT molecular complexity index is 456. The summed E-state index contributed by atoms with van der Waals surface area (Å²) in [7, 11) is 0. The van der Waals surface area contributed by atoms with Gasteiger partial charge in [0.1, 0.15) is 0 Å². The highest BCUT2D eigenvalue weighted by Gasteiger charge is 2.12. The Morgan fingerprint density at radius 1 is 1.56 bits per heavy atom. The van der Waals surface area contributed by atoms with Crippen molar-refractivity contribution in [2.45, 2.75) is 25.8 Å². The molecule has 0 saturated heterocycles. The van der Waals surface area contributed by atoms with Gasteiger partial charge in [0.15, 0.2) is 0 Å². The molecule has 1 rings (SSSR count). The summed E-state index contributed by atoms with van der Waals surface area (Å²) in [5, 5.41) is 11.3. The van der Waals surface area contributed by atoms with E-state index in [0.717, 1.165) is 4.88 Å². The zero-order valence-corrected chi connectivity index (χ0v) is 11.4. The highest BCUT2D eigenvalue weighted by molar-refractivity contribution is 7.17. The average molecular weight is 288 g/mol. The maximum atomic E-state index is 11.6. The molecule has 1 aromatic heterocycles. The summed E-state index contributed by atoms with van der Waals surface area (Å²) >= 11 is 7.13. The molecule has 18 heavy (non-hydrogen) atoms. The van der Waals surface area contributed by atoms with Crippen LogP contribution < -0.4 is 5.32 Å². The Morgan fingerprint density at radius 3 is 2.78 bits per heavy atom. The van der Waals surface area contributed by atoms with Crippen LogP contribution in [0.25, 0.3) is 6.08 Å². The number of halogens is 1. The predicted octanol–water partition coefficient (Wildman–Crippen LogP) is 2.78. The lowest BCUT2D eigenvalue weighted by atomic mass is 10.1. The SMILES string of the molecule is CCC(CC(=O)O)NC(=O)/C=C/c1ccc(Cl)s1. The molecule has 0 aliphatic rings. The molecule has 0 radical (unpaired) electrons. The molecule has 0 saturated carbocycles. The Labute approximate surface area is 114 Å². The number of thiophene rings is 1. The molecule has 98 valence electrons. The molecule has 1 atom stereocenters. The van der Waals surface area contributed by atoms with Crippen LogP contribution in [-0.2, 0) is 9.59 Å². The number of aliphatic carboxylic acids is 1. The van der Waals surface area contributed by atoms with Gasteiger partial charge in [-0.15, -0.1) is 11.3 Å². The van der Waals surface area contributed by atoms with E-state index in [1.54, 1.807) is 12.1 Å². The first-order valence-corrected chi connectivity index (χ1v) is 6.66. The van der Waals surface area contributed by atoms with E-state index in [4.69, 9.17) is 16.7 Å². The first-order chi connectivity index (χ1) is 8.51. The lowest BCUT2D eigenvalue weighted by Crippen LogP contribution is -2.34. The van der Waals surface area contributed by atoms with Crippen LogP contribution in [0.15, 0.2) is 18.2 Å². The molecular formula is C12H14ClNO3S. The second kappa shape index (κ2) is 7.18. The third kappa shape index (κ3) is 5.33. The van der Waals surface area contributed by atoms with E-state index in [-0.39, 0.29) is 18.4 Å². The molecule has 6 heteroatoms. The smallest absolute Gasteiger partial charge is 0.305 e. The fourth-order valence-corrected chi connectivity index (χ4v) is 2.30. The molecule has 1 unspecified atom stereocenters. The number of carbonyl (C=O) groups excluding carboxylic acids is 1. The summed E-state index contributed by atoms with van der Waals surface area (Å²) in [6.45, 7) is 1.83. The second-order valence-corrected chi connectivity index (χ2v) is 5.43. The summed E-state index contributed by atoms with van der Waals surface area (Å²) in [4.78, 5) is 23.0. The van der Waals surface area contributed by atoms with Gasteiger partial charge in [0.2, 0.25) is 5.91 Å². The van der Waals surface area contributed by atoms with E-state index in [2.05, 4.69) is 5.32 Å². The largest absolute Gasteiger partial charge is 0.481 e. The normalized spacial score (nSPS) is 12.6. The lowest BCUT2D eigenvalue weighted by Gasteiger charge is -2.12. The standard InChI is InChI=1S/C12H14ClNO3S/c1-2-8(7-12(16)17)14-11(15)6-4-9-3-5-10(13)18-9/h3-6,8H,2,7H2,1H3,(H,14,15)(H,16,17)/b6-4+. The molecular weight excluding hydrogens is 274 g/mol. The van der Waals surface area contributed by atoms with Gasteiger partial charge in [0, 0.05) is 17.0 Å². The molecule has 0 bridgehead atoms. The number of amides is 1. The van der Waals surface area contributed by atoms with Gasteiger partial charge < -0.3 is 10.4 Å². The minimum absolute atomic E-state index is 0.0685. The molecule has 1 heterocycles. The summed E-state index contributed by atoms with van der Waals surface area (Å²) < 4.78 is 0.660. The van der Waals surface area contributed by atoms with Gasteiger partial charge >= 0.3 is 5.97 Å². The molecule has 0 aromatic carbocycles. The van der Waals surface area contributed by atoms with Crippen LogP contribution in [0.2, 0.25) is 4.34 Å². The fraction of sp³-hybridized carbons (Fsp3) is 0.333. The first kappa shape index (κ1) is 14.7. The second-order valence-electron chi connectivity index (χ2n) is 3.69. The highest BCUT2D eigenvalue weighted by atomic mass is 35.5. The van der Waals surface area contributed by atoms with E-state index in [1.807, 2.05) is 13.0 Å². The van der Waals surface area contributed by atoms with Crippen LogP contribution in [-0.4, -0.2) is 23.0 Å². The van der Waals surface area contributed by atoms with Crippen molar-refractivity contribution in [1.29, 1.82) is 0 Å². The number of carbonyl (C=O) groups is 2. The predicted molar refractivity (Wildman–Crippen MR) is 72.8 cm³/mol. The van der Waals surface area contributed by atoms with Crippen molar-refractivity contribution >= 4 is 40.9 Å². The summed E-state index contributed by atoms with van der Waals surface area (Å²) in [6, 6.07) is 3.22. The van der Waals surface area contributed by atoms with Crippen molar-refractivity contribution in [3.05, 3.63) is 27.4 Å². The minimum Gasteiger partial charge on any atom is -0.481 e.